The summed E-state index contributed by atoms with van der Waals surface area (Å²) < 4.78 is 5.50. The van der Waals surface area contributed by atoms with Crippen LogP contribution in [0.1, 0.15) is 75.8 Å². The van der Waals surface area contributed by atoms with E-state index in [0.717, 1.165) is 29.5 Å². The first-order valence-electron chi connectivity index (χ1n) is 15.0. The van der Waals surface area contributed by atoms with Crippen molar-refractivity contribution in [3.63, 3.8) is 0 Å². The number of alkyl carbamates (subject to hydrolysis) is 1. The van der Waals surface area contributed by atoms with E-state index >= 15 is 0 Å². The third kappa shape index (κ3) is 10.5. The average Bonchev–Trinajstić information content (AvgIpc) is 2.98. The number of rotatable bonds is 13. The topological polar surface area (TPSA) is 108 Å². The number of nitrogens with zero attached hydrogens (tertiary/aromatic N) is 1. The highest BCUT2D eigenvalue weighted by Crippen LogP contribution is 2.25. The summed E-state index contributed by atoms with van der Waals surface area (Å²) in [6.45, 7) is 9.98. The fourth-order valence-electron chi connectivity index (χ4n) is 4.70. The molecule has 3 aromatic rings. The molecular weight excluding hydrogens is 542 g/mol. The van der Waals surface area contributed by atoms with Gasteiger partial charge in [0.1, 0.15) is 23.4 Å². The van der Waals surface area contributed by atoms with Gasteiger partial charge in [-0.1, -0.05) is 87.0 Å². The highest BCUT2D eigenvalue weighted by atomic mass is 16.6. The lowest BCUT2D eigenvalue weighted by molar-refractivity contribution is -0.142. The molecule has 0 aromatic heterocycles. The van der Waals surface area contributed by atoms with Gasteiger partial charge in [-0.2, -0.15) is 0 Å². The van der Waals surface area contributed by atoms with Crippen LogP contribution in [0.3, 0.4) is 0 Å². The van der Waals surface area contributed by atoms with Crippen molar-refractivity contribution in [1.29, 1.82) is 0 Å². The maximum atomic E-state index is 14.5. The molecule has 2 unspecified atom stereocenters. The lowest BCUT2D eigenvalue weighted by atomic mass is 9.98. The number of aromatic hydroxyl groups is 1. The van der Waals surface area contributed by atoms with Gasteiger partial charge in [-0.05, 0) is 68.0 Å². The summed E-state index contributed by atoms with van der Waals surface area (Å²) in [6, 6.07) is 21.9. The molecule has 0 heterocycles. The standard InChI is InChI=1S/C35H45N3O5/c1-6-8-22-38(33(41)30(37-34(42)43-35(3,4)5)23-26-16-20-29(39)21-17-26)31(28-18-14-25(7-2)15-19-28)32(40)36-24-27-12-10-9-11-13-27/h9-21,30-31,39H,6-8,22-24H2,1-5H3,(H,36,40)(H,37,42). The SMILES string of the molecule is CCCCN(C(=O)C(Cc1ccc(O)cc1)NC(=O)OC(C)(C)C)C(C(=O)NCc1ccccc1)c1ccc(CC)cc1. The maximum absolute atomic E-state index is 14.5. The van der Waals surface area contributed by atoms with E-state index < -0.39 is 29.7 Å². The van der Waals surface area contributed by atoms with Gasteiger partial charge in [-0.25, -0.2) is 4.79 Å². The number of phenols is 1. The Morgan fingerprint density at radius 1 is 0.860 bits per heavy atom. The Morgan fingerprint density at radius 2 is 1.49 bits per heavy atom. The molecule has 3 amide bonds. The van der Waals surface area contributed by atoms with Crippen LogP contribution < -0.4 is 10.6 Å². The summed E-state index contributed by atoms with van der Waals surface area (Å²) in [6.07, 6.45) is 1.74. The van der Waals surface area contributed by atoms with E-state index in [-0.39, 0.29) is 18.1 Å². The molecule has 0 aliphatic rings. The Morgan fingerprint density at radius 3 is 2.07 bits per heavy atom. The molecule has 0 fully saturated rings. The van der Waals surface area contributed by atoms with Crippen molar-refractivity contribution in [2.24, 2.45) is 0 Å². The summed E-state index contributed by atoms with van der Waals surface area (Å²) in [7, 11) is 0. The van der Waals surface area contributed by atoms with Crippen LogP contribution >= 0.6 is 0 Å². The Balaban J connectivity index is 2.01. The predicted octanol–water partition coefficient (Wildman–Crippen LogP) is 6.08. The zero-order valence-electron chi connectivity index (χ0n) is 25.9. The van der Waals surface area contributed by atoms with Crippen LogP contribution in [0.5, 0.6) is 5.75 Å². The first-order valence-corrected chi connectivity index (χ1v) is 15.0. The van der Waals surface area contributed by atoms with Gasteiger partial charge in [0, 0.05) is 19.5 Å². The Bertz CT molecular complexity index is 1320. The number of hydrogen-bond acceptors (Lipinski definition) is 5. The smallest absolute Gasteiger partial charge is 0.408 e. The van der Waals surface area contributed by atoms with Gasteiger partial charge in [0.15, 0.2) is 0 Å². The summed E-state index contributed by atoms with van der Waals surface area (Å²) in [5.41, 5.74) is 2.72. The van der Waals surface area contributed by atoms with Crippen molar-refractivity contribution in [2.75, 3.05) is 6.54 Å². The van der Waals surface area contributed by atoms with E-state index in [9.17, 15) is 19.5 Å². The summed E-state index contributed by atoms with van der Waals surface area (Å²) in [5.74, 6) is -0.605. The van der Waals surface area contributed by atoms with Gasteiger partial charge in [0.2, 0.25) is 11.8 Å². The first-order chi connectivity index (χ1) is 20.5. The Hall–Kier alpha value is -4.33. The second-order valence-electron chi connectivity index (χ2n) is 11.7. The van der Waals surface area contributed by atoms with Gasteiger partial charge in [-0.15, -0.1) is 0 Å². The minimum absolute atomic E-state index is 0.0991. The van der Waals surface area contributed by atoms with E-state index in [4.69, 9.17) is 4.74 Å². The zero-order chi connectivity index (χ0) is 31.4. The number of ether oxygens (including phenoxy) is 1. The molecule has 2 atom stereocenters. The van der Waals surface area contributed by atoms with Crippen molar-refractivity contribution in [3.05, 3.63) is 101 Å². The second kappa shape index (κ2) is 15.8. The first kappa shape index (κ1) is 33.2. The number of carbonyl (C=O) groups excluding carboxylic acids is 3. The van der Waals surface area contributed by atoms with Crippen LogP contribution in [0, 0.1) is 0 Å². The third-order valence-electron chi connectivity index (χ3n) is 6.97. The number of nitrogens with one attached hydrogen (secondary N) is 2. The third-order valence-corrected chi connectivity index (χ3v) is 6.97. The van der Waals surface area contributed by atoms with Crippen LogP contribution in [0.4, 0.5) is 4.79 Å². The Kier molecular flexibility index (Phi) is 12.2. The quantitative estimate of drug-likeness (QED) is 0.225. The van der Waals surface area contributed by atoms with E-state index in [1.165, 1.54) is 12.1 Å². The monoisotopic (exact) mass is 587 g/mol. The zero-order valence-corrected chi connectivity index (χ0v) is 25.9. The van der Waals surface area contributed by atoms with Gasteiger partial charge >= 0.3 is 6.09 Å². The molecule has 3 N–H and O–H groups in total. The normalized spacial score (nSPS) is 12.6. The molecule has 8 heteroatoms. The van der Waals surface area contributed by atoms with Crippen LogP contribution in [0.2, 0.25) is 0 Å². The molecule has 0 saturated heterocycles. The van der Waals surface area contributed by atoms with E-state index in [1.54, 1.807) is 37.8 Å². The molecule has 0 saturated carbocycles. The minimum Gasteiger partial charge on any atom is -0.508 e. The minimum atomic E-state index is -1.02. The number of aryl methyl sites for hydroxylation is 1. The summed E-state index contributed by atoms with van der Waals surface area (Å²) in [5, 5.41) is 15.6. The molecule has 0 radical (unpaired) electrons. The second-order valence-corrected chi connectivity index (χ2v) is 11.7. The largest absolute Gasteiger partial charge is 0.508 e. The predicted molar refractivity (Wildman–Crippen MR) is 168 cm³/mol. The lowest BCUT2D eigenvalue weighted by Gasteiger charge is -2.34. The van der Waals surface area contributed by atoms with Crippen molar-refractivity contribution >= 4 is 17.9 Å². The number of benzene rings is 3. The number of phenolic OH excluding ortho intramolecular Hbond substituents is 1. The van der Waals surface area contributed by atoms with Crippen molar-refractivity contribution < 1.29 is 24.2 Å². The Labute approximate surface area is 255 Å². The van der Waals surface area contributed by atoms with Crippen LogP contribution in [0.25, 0.3) is 0 Å². The lowest BCUT2D eigenvalue weighted by Crippen LogP contribution is -2.54. The molecule has 230 valence electrons. The van der Waals surface area contributed by atoms with Gasteiger partial charge in [-0.3, -0.25) is 9.59 Å². The van der Waals surface area contributed by atoms with Crippen molar-refractivity contribution in [1.82, 2.24) is 15.5 Å². The molecule has 0 aliphatic carbocycles. The molecule has 3 aromatic carbocycles. The highest BCUT2D eigenvalue weighted by molar-refractivity contribution is 5.92. The molecule has 0 aliphatic heterocycles. The van der Waals surface area contributed by atoms with Gasteiger partial charge < -0.3 is 25.4 Å². The van der Waals surface area contributed by atoms with Crippen LogP contribution in [-0.2, 0) is 33.7 Å². The average molecular weight is 588 g/mol. The van der Waals surface area contributed by atoms with Gasteiger partial charge in [0.05, 0.1) is 0 Å². The van der Waals surface area contributed by atoms with E-state index in [1.807, 2.05) is 61.5 Å². The van der Waals surface area contributed by atoms with Gasteiger partial charge in [0.25, 0.3) is 0 Å². The fourth-order valence-corrected chi connectivity index (χ4v) is 4.70. The molecule has 0 spiro atoms. The maximum Gasteiger partial charge on any atom is 0.408 e. The van der Waals surface area contributed by atoms with Crippen molar-refractivity contribution in [2.45, 2.75) is 84.5 Å². The number of unbranched alkanes of at least 4 members (excludes halogenated alkanes) is 1. The van der Waals surface area contributed by atoms with Crippen molar-refractivity contribution in [3.8, 4) is 5.75 Å². The van der Waals surface area contributed by atoms with Crippen LogP contribution in [-0.4, -0.2) is 46.1 Å². The van der Waals surface area contributed by atoms with Crippen LogP contribution in [0.15, 0.2) is 78.9 Å². The number of carbonyl (C=O) groups is 3. The van der Waals surface area contributed by atoms with E-state index in [0.29, 0.717) is 25.1 Å². The number of hydrogen-bond donors (Lipinski definition) is 3. The number of amides is 3. The molecular formula is C35H45N3O5. The molecule has 3 rings (SSSR count). The highest BCUT2D eigenvalue weighted by Gasteiger charge is 2.36. The van der Waals surface area contributed by atoms with E-state index in [2.05, 4.69) is 17.6 Å². The molecule has 43 heavy (non-hydrogen) atoms. The molecule has 0 bridgehead atoms. The summed E-state index contributed by atoms with van der Waals surface area (Å²) in [4.78, 5) is 42.9. The summed E-state index contributed by atoms with van der Waals surface area (Å²) >= 11 is 0. The molecule has 8 nitrogen and oxygen atoms in total. The fraction of sp³-hybridized carbons (Fsp3) is 0.400.